The minimum absolute atomic E-state index is 0.0718. The quantitative estimate of drug-likeness (QED) is 0.628. The molecule has 1 aromatic heterocycles. The van der Waals surface area contributed by atoms with Crippen LogP contribution in [-0.4, -0.2) is 46.3 Å². The van der Waals surface area contributed by atoms with Gasteiger partial charge in [-0.25, -0.2) is 15.4 Å². The average molecular weight is 379 g/mol. The van der Waals surface area contributed by atoms with Gasteiger partial charge in [-0.2, -0.15) is 13.2 Å². The van der Waals surface area contributed by atoms with Gasteiger partial charge in [0, 0.05) is 37.2 Å². The highest BCUT2D eigenvalue weighted by molar-refractivity contribution is 5.92. The lowest BCUT2D eigenvalue weighted by Crippen LogP contribution is -2.47. The van der Waals surface area contributed by atoms with E-state index >= 15 is 0 Å². The highest BCUT2D eigenvalue weighted by Gasteiger charge is 2.44. The molecule has 2 saturated heterocycles. The number of nitrogens with zero attached hydrogens (tertiary/aromatic N) is 4. The van der Waals surface area contributed by atoms with E-state index in [0.29, 0.717) is 24.7 Å². The van der Waals surface area contributed by atoms with Crippen LogP contribution in [0.1, 0.15) is 22.3 Å². The number of hydrogen-bond acceptors (Lipinski definition) is 6. The molecule has 4 rings (SSSR count). The summed E-state index contributed by atoms with van der Waals surface area (Å²) in [5.74, 6) is -0.235. The van der Waals surface area contributed by atoms with Crippen LogP contribution in [0, 0.1) is 0 Å². The van der Waals surface area contributed by atoms with Gasteiger partial charge >= 0.3 is 6.18 Å². The van der Waals surface area contributed by atoms with Gasteiger partial charge in [0.15, 0.2) is 0 Å². The number of carbonyl (C=O) groups is 1. The maximum atomic E-state index is 13.0. The number of aromatic nitrogens is 2. The molecule has 1 aromatic carbocycles. The molecule has 0 spiro atoms. The van der Waals surface area contributed by atoms with Crippen molar-refractivity contribution in [2.45, 2.75) is 24.7 Å². The number of fused-ring (bicyclic) bond motifs is 2. The number of carbonyl (C=O) groups excluding carboxylic acids is 1. The first-order valence-electron chi connectivity index (χ1n) is 8.34. The summed E-state index contributed by atoms with van der Waals surface area (Å²) in [5, 5.41) is 8.62. The first-order valence-corrected chi connectivity index (χ1v) is 8.34. The van der Waals surface area contributed by atoms with Gasteiger partial charge in [-0.1, -0.05) is 6.07 Å². The van der Waals surface area contributed by atoms with Gasteiger partial charge in [0.1, 0.15) is 0 Å². The normalized spacial score (nSPS) is 21.6. The number of amides is 1. The van der Waals surface area contributed by atoms with Gasteiger partial charge < -0.3 is 9.80 Å². The van der Waals surface area contributed by atoms with Gasteiger partial charge in [0.05, 0.1) is 17.2 Å². The number of hydroxylamine groups is 1. The van der Waals surface area contributed by atoms with Gasteiger partial charge in [0.25, 0.3) is 5.91 Å². The molecule has 7 nitrogen and oxygen atoms in total. The maximum Gasteiger partial charge on any atom is 0.416 e. The predicted octanol–water partition coefficient (Wildman–Crippen LogP) is 2.08. The monoisotopic (exact) mass is 379 g/mol. The molecule has 2 aliphatic heterocycles. The molecule has 0 saturated carbocycles. The lowest BCUT2D eigenvalue weighted by Gasteiger charge is -2.35. The number of alkyl halides is 3. The lowest BCUT2D eigenvalue weighted by atomic mass is 10.1. The smallest absolute Gasteiger partial charge is 0.365 e. The number of anilines is 2. The van der Waals surface area contributed by atoms with Crippen molar-refractivity contribution in [3.05, 3.63) is 47.8 Å². The summed E-state index contributed by atoms with van der Waals surface area (Å²) in [6.45, 7) is 1.17. The predicted molar refractivity (Wildman–Crippen MR) is 89.6 cm³/mol. The molecule has 0 aliphatic carbocycles. The van der Waals surface area contributed by atoms with E-state index in [-0.39, 0.29) is 17.6 Å². The Balaban J connectivity index is 1.49. The van der Waals surface area contributed by atoms with Crippen LogP contribution in [0.2, 0.25) is 0 Å². The second-order valence-electron chi connectivity index (χ2n) is 6.61. The Bertz CT molecular complexity index is 858. The van der Waals surface area contributed by atoms with Crippen LogP contribution in [0.25, 0.3) is 0 Å². The molecule has 3 heterocycles. The molecule has 2 aliphatic rings. The second kappa shape index (κ2) is 6.38. The Morgan fingerprint density at radius 1 is 1.15 bits per heavy atom. The van der Waals surface area contributed by atoms with Crippen molar-refractivity contribution in [1.82, 2.24) is 15.4 Å². The van der Waals surface area contributed by atoms with Crippen molar-refractivity contribution >= 4 is 17.5 Å². The summed E-state index contributed by atoms with van der Waals surface area (Å²) in [6.07, 6.45) is -0.912. The fourth-order valence-electron chi connectivity index (χ4n) is 3.74. The van der Waals surface area contributed by atoms with Crippen LogP contribution >= 0.6 is 0 Å². The number of hydrogen-bond donors (Lipinski definition) is 2. The van der Waals surface area contributed by atoms with E-state index in [1.54, 1.807) is 6.07 Å². The van der Waals surface area contributed by atoms with Crippen molar-refractivity contribution in [3.8, 4) is 0 Å². The summed E-state index contributed by atoms with van der Waals surface area (Å²) in [4.78, 5) is 23.7. The minimum Gasteiger partial charge on any atom is -0.365 e. The van der Waals surface area contributed by atoms with Gasteiger partial charge in [-0.15, -0.1) is 0 Å². The zero-order valence-corrected chi connectivity index (χ0v) is 14.0. The topological polar surface area (TPSA) is 81.6 Å². The van der Waals surface area contributed by atoms with E-state index in [2.05, 4.69) is 9.97 Å². The summed E-state index contributed by atoms with van der Waals surface area (Å²) in [6, 6.07) is 5.53. The third-order valence-electron chi connectivity index (χ3n) is 5.00. The van der Waals surface area contributed by atoms with E-state index in [1.165, 1.54) is 30.0 Å². The molecule has 27 heavy (non-hydrogen) atoms. The van der Waals surface area contributed by atoms with Gasteiger partial charge in [-0.05, 0) is 24.6 Å². The van der Waals surface area contributed by atoms with Crippen LogP contribution in [0.5, 0.6) is 0 Å². The molecule has 10 heteroatoms. The molecule has 2 atom stereocenters. The van der Waals surface area contributed by atoms with E-state index < -0.39 is 17.6 Å². The third kappa shape index (κ3) is 3.16. The number of nitrogens with one attached hydrogen (secondary N) is 1. The summed E-state index contributed by atoms with van der Waals surface area (Å²) < 4.78 is 38.9. The Morgan fingerprint density at radius 3 is 2.41 bits per heavy atom. The molecule has 2 N–H and O–H groups in total. The zero-order valence-electron chi connectivity index (χ0n) is 14.0. The number of rotatable bonds is 3. The fraction of sp³-hybridized carbons (Fsp3) is 0.353. The van der Waals surface area contributed by atoms with Crippen molar-refractivity contribution in [3.63, 3.8) is 0 Å². The van der Waals surface area contributed by atoms with Crippen LogP contribution < -0.4 is 15.3 Å². The molecule has 0 unspecified atom stereocenters. The Labute approximate surface area is 152 Å². The van der Waals surface area contributed by atoms with E-state index in [9.17, 15) is 18.0 Å². The second-order valence-corrected chi connectivity index (χ2v) is 6.61. The Kier molecular flexibility index (Phi) is 4.14. The lowest BCUT2D eigenvalue weighted by molar-refractivity contribution is -0.137. The van der Waals surface area contributed by atoms with Crippen LogP contribution in [0.3, 0.4) is 0 Å². The first-order chi connectivity index (χ1) is 12.9. The van der Waals surface area contributed by atoms with Crippen molar-refractivity contribution < 1.29 is 23.2 Å². The molecule has 2 aromatic rings. The molecule has 0 radical (unpaired) electrons. The van der Waals surface area contributed by atoms with Gasteiger partial charge in [0.2, 0.25) is 5.95 Å². The molecule has 2 fully saturated rings. The fourth-order valence-corrected chi connectivity index (χ4v) is 3.74. The minimum atomic E-state index is -4.36. The third-order valence-corrected chi connectivity index (χ3v) is 5.00. The standard InChI is InChI=1S/C17H16F3N5O2/c18-17(19,20)11-2-1-3-12(4-11)24-8-14-5-13(24)9-25(14)16-21-6-10(7-22-16)15(26)23-27/h1-4,6-7,13-14,27H,5,8-9H2,(H,23,26)/t13-,14-/m0/s1. The summed E-state index contributed by atoms with van der Waals surface area (Å²) in [7, 11) is 0. The van der Waals surface area contributed by atoms with E-state index in [0.717, 1.165) is 12.5 Å². The van der Waals surface area contributed by atoms with Crippen molar-refractivity contribution in [2.24, 2.45) is 0 Å². The number of halogens is 3. The first kappa shape index (κ1) is 17.5. The summed E-state index contributed by atoms with van der Waals surface area (Å²) in [5.41, 5.74) is 1.56. The van der Waals surface area contributed by atoms with Crippen LogP contribution in [0.4, 0.5) is 24.8 Å². The molecular formula is C17H16F3N5O2. The molecule has 1 amide bonds. The largest absolute Gasteiger partial charge is 0.416 e. The SMILES string of the molecule is O=C(NO)c1cnc(N2C[C@@H]3C[C@H]2CN3c2cccc(C(F)(F)F)c2)nc1. The van der Waals surface area contributed by atoms with Crippen LogP contribution in [0.15, 0.2) is 36.7 Å². The Hall–Kier alpha value is -2.88. The average Bonchev–Trinajstić information content (AvgIpc) is 3.28. The number of piperazine rings is 1. The highest BCUT2D eigenvalue weighted by atomic mass is 19.4. The number of benzene rings is 1. The summed E-state index contributed by atoms with van der Waals surface area (Å²) >= 11 is 0. The van der Waals surface area contributed by atoms with Gasteiger partial charge in [-0.3, -0.25) is 10.0 Å². The zero-order chi connectivity index (χ0) is 19.2. The van der Waals surface area contributed by atoms with Crippen molar-refractivity contribution in [2.75, 3.05) is 22.9 Å². The maximum absolute atomic E-state index is 13.0. The molecular weight excluding hydrogens is 363 g/mol. The van der Waals surface area contributed by atoms with E-state index in [4.69, 9.17) is 5.21 Å². The molecule has 142 valence electrons. The Morgan fingerprint density at radius 2 is 1.81 bits per heavy atom. The highest BCUT2D eigenvalue weighted by Crippen LogP contribution is 2.38. The molecule has 2 bridgehead atoms. The van der Waals surface area contributed by atoms with Crippen molar-refractivity contribution in [1.29, 1.82) is 0 Å². The van der Waals surface area contributed by atoms with Crippen LogP contribution in [-0.2, 0) is 6.18 Å². The van der Waals surface area contributed by atoms with E-state index in [1.807, 2.05) is 9.80 Å².